The van der Waals surface area contributed by atoms with E-state index >= 15 is 0 Å². The number of hydrogen-bond acceptors (Lipinski definition) is 4. The minimum atomic E-state index is -1.06. The molecule has 0 spiro atoms. The van der Waals surface area contributed by atoms with Gasteiger partial charge in [0.15, 0.2) is 12.2 Å². The van der Waals surface area contributed by atoms with Crippen molar-refractivity contribution in [2.45, 2.75) is 19.1 Å². The first-order valence-electron chi connectivity index (χ1n) is 6.93. The molecule has 2 rings (SSSR count). The lowest BCUT2D eigenvalue weighted by atomic mass is 10.1. The van der Waals surface area contributed by atoms with Crippen LogP contribution in [0.4, 0.5) is 0 Å². The highest BCUT2D eigenvalue weighted by Gasteiger charge is 2.33. The van der Waals surface area contributed by atoms with Crippen LogP contribution < -0.4 is 0 Å². The quantitative estimate of drug-likeness (QED) is 0.879. The number of hydrogen-bond donors (Lipinski definition) is 1. The lowest BCUT2D eigenvalue weighted by molar-refractivity contribution is -0.163. The molecule has 1 aliphatic heterocycles. The molecule has 0 aliphatic carbocycles. The number of rotatable bonds is 5. The summed E-state index contributed by atoms with van der Waals surface area (Å²) < 4.78 is 10.7. The number of carbonyl (C=O) groups excluding carboxylic acids is 1. The fourth-order valence-electron chi connectivity index (χ4n) is 2.27. The molecule has 6 heteroatoms. The smallest absolute Gasteiger partial charge is 0.334 e. The van der Waals surface area contributed by atoms with Crippen LogP contribution in [0.5, 0.6) is 0 Å². The number of ether oxygens (including phenoxy) is 2. The van der Waals surface area contributed by atoms with Gasteiger partial charge in [0, 0.05) is 13.2 Å². The lowest BCUT2D eigenvalue weighted by Gasteiger charge is -2.33. The maximum absolute atomic E-state index is 12.6. The minimum Gasteiger partial charge on any atom is -0.479 e. The second kappa shape index (κ2) is 7.19. The van der Waals surface area contributed by atoms with E-state index in [0.717, 1.165) is 5.56 Å². The maximum atomic E-state index is 12.6. The van der Waals surface area contributed by atoms with Crippen LogP contribution >= 0.6 is 0 Å². The van der Waals surface area contributed by atoms with Crippen molar-refractivity contribution in [2.24, 2.45) is 0 Å². The van der Waals surface area contributed by atoms with Crippen molar-refractivity contribution in [2.75, 3.05) is 26.3 Å². The minimum absolute atomic E-state index is 0.0462. The van der Waals surface area contributed by atoms with E-state index in [1.165, 1.54) is 4.90 Å². The second-order valence-electron chi connectivity index (χ2n) is 4.73. The molecule has 0 bridgehead atoms. The highest BCUT2D eigenvalue weighted by molar-refractivity contribution is 5.83. The monoisotopic (exact) mass is 293 g/mol. The molecule has 21 heavy (non-hydrogen) atoms. The van der Waals surface area contributed by atoms with Crippen LogP contribution in [0.1, 0.15) is 18.6 Å². The summed E-state index contributed by atoms with van der Waals surface area (Å²) >= 11 is 0. The zero-order valence-electron chi connectivity index (χ0n) is 11.9. The summed E-state index contributed by atoms with van der Waals surface area (Å²) in [5.41, 5.74) is 0.766. The molecule has 0 radical (unpaired) electrons. The molecule has 1 aromatic carbocycles. The van der Waals surface area contributed by atoms with Crippen molar-refractivity contribution in [1.29, 1.82) is 0 Å². The van der Waals surface area contributed by atoms with E-state index in [9.17, 15) is 9.59 Å². The Kier molecular flexibility index (Phi) is 5.30. The number of carbonyl (C=O) groups is 2. The van der Waals surface area contributed by atoms with E-state index in [1.807, 2.05) is 37.3 Å². The Morgan fingerprint density at radius 2 is 2.14 bits per heavy atom. The van der Waals surface area contributed by atoms with Crippen LogP contribution in [-0.2, 0) is 19.1 Å². The summed E-state index contributed by atoms with van der Waals surface area (Å²) in [6.07, 6.45) is -1.68. The predicted octanol–water partition coefficient (Wildman–Crippen LogP) is 1.08. The highest BCUT2D eigenvalue weighted by atomic mass is 16.5. The zero-order valence-corrected chi connectivity index (χ0v) is 11.9. The van der Waals surface area contributed by atoms with Crippen LogP contribution in [0, 0.1) is 0 Å². The average Bonchev–Trinajstić information content (AvgIpc) is 2.53. The standard InChI is InChI=1S/C15H19NO5/c1-2-20-13(11-6-4-3-5-7-11)14(17)16-8-9-21-12(10-16)15(18)19/h3-7,12-13H,2,8-10H2,1H3,(H,18,19). The van der Waals surface area contributed by atoms with Gasteiger partial charge >= 0.3 is 5.97 Å². The Balaban J connectivity index is 2.13. The SMILES string of the molecule is CCOC(C(=O)N1CCOC(C(=O)O)C1)c1ccccc1. The first-order chi connectivity index (χ1) is 10.1. The molecule has 1 amide bonds. The van der Waals surface area contributed by atoms with Crippen molar-refractivity contribution >= 4 is 11.9 Å². The molecule has 1 fully saturated rings. The Morgan fingerprint density at radius 3 is 2.76 bits per heavy atom. The molecule has 2 unspecified atom stereocenters. The van der Waals surface area contributed by atoms with Gasteiger partial charge in [-0.1, -0.05) is 30.3 Å². The van der Waals surface area contributed by atoms with Crippen LogP contribution in [-0.4, -0.2) is 54.3 Å². The summed E-state index contributed by atoms with van der Waals surface area (Å²) in [6, 6.07) is 9.20. The largest absolute Gasteiger partial charge is 0.479 e. The summed E-state index contributed by atoms with van der Waals surface area (Å²) in [4.78, 5) is 25.1. The number of benzene rings is 1. The molecule has 1 N–H and O–H groups in total. The Labute approximate surface area is 123 Å². The fourth-order valence-corrected chi connectivity index (χ4v) is 2.27. The molecule has 2 atom stereocenters. The van der Waals surface area contributed by atoms with Gasteiger partial charge in [0.2, 0.25) is 0 Å². The van der Waals surface area contributed by atoms with Crippen LogP contribution in [0.3, 0.4) is 0 Å². The van der Waals surface area contributed by atoms with E-state index in [2.05, 4.69) is 0 Å². The van der Waals surface area contributed by atoms with Gasteiger partial charge in [-0.05, 0) is 12.5 Å². The molecule has 6 nitrogen and oxygen atoms in total. The van der Waals surface area contributed by atoms with Gasteiger partial charge in [0.25, 0.3) is 5.91 Å². The second-order valence-corrected chi connectivity index (χ2v) is 4.73. The van der Waals surface area contributed by atoms with Crippen LogP contribution in [0.2, 0.25) is 0 Å². The topological polar surface area (TPSA) is 76.1 Å². The number of amides is 1. The van der Waals surface area contributed by atoms with E-state index in [1.54, 1.807) is 0 Å². The molecular weight excluding hydrogens is 274 g/mol. The summed E-state index contributed by atoms with van der Waals surface area (Å²) in [5.74, 6) is -1.28. The average molecular weight is 293 g/mol. The number of morpholine rings is 1. The van der Waals surface area contributed by atoms with Gasteiger partial charge in [-0.25, -0.2) is 4.79 Å². The Bertz CT molecular complexity index is 490. The highest BCUT2D eigenvalue weighted by Crippen LogP contribution is 2.21. The summed E-state index contributed by atoms with van der Waals surface area (Å²) in [7, 11) is 0. The Hall–Kier alpha value is -1.92. The third kappa shape index (κ3) is 3.80. The van der Waals surface area contributed by atoms with Gasteiger partial charge in [-0.2, -0.15) is 0 Å². The van der Waals surface area contributed by atoms with Crippen molar-refractivity contribution in [3.8, 4) is 0 Å². The molecular formula is C15H19NO5. The maximum Gasteiger partial charge on any atom is 0.334 e. The van der Waals surface area contributed by atoms with E-state index in [4.69, 9.17) is 14.6 Å². The number of aliphatic carboxylic acids is 1. The van der Waals surface area contributed by atoms with Gasteiger partial charge in [0.05, 0.1) is 13.2 Å². The van der Waals surface area contributed by atoms with Crippen LogP contribution in [0.25, 0.3) is 0 Å². The predicted molar refractivity (Wildman–Crippen MR) is 74.8 cm³/mol. The van der Waals surface area contributed by atoms with Crippen molar-refractivity contribution in [3.05, 3.63) is 35.9 Å². The van der Waals surface area contributed by atoms with E-state index < -0.39 is 18.2 Å². The molecule has 0 saturated carbocycles. The zero-order chi connectivity index (χ0) is 15.2. The van der Waals surface area contributed by atoms with Crippen molar-refractivity contribution in [3.63, 3.8) is 0 Å². The normalized spacial score (nSPS) is 20.0. The van der Waals surface area contributed by atoms with Gasteiger partial charge in [0.1, 0.15) is 0 Å². The van der Waals surface area contributed by atoms with Crippen molar-refractivity contribution < 1.29 is 24.2 Å². The summed E-state index contributed by atoms with van der Waals surface area (Å²) in [5, 5.41) is 9.00. The molecule has 1 aliphatic rings. The fraction of sp³-hybridized carbons (Fsp3) is 0.467. The number of nitrogens with zero attached hydrogens (tertiary/aromatic N) is 1. The third-order valence-corrected chi connectivity index (χ3v) is 3.31. The third-order valence-electron chi connectivity index (χ3n) is 3.31. The molecule has 0 aromatic heterocycles. The van der Waals surface area contributed by atoms with Gasteiger partial charge in [-0.15, -0.1) is 0 Å². The number of carboxylic acids is 1. The summed E-state index contributed by atoms with van der Waals surface area (Å²) in [6.45, 7) is 2.86. The Morgan fingerprint density at radius 1 is 1.43 bits per heavy atom. The van der Waals surface area contributed by atoms with E-state index in [0.29, 0.717) is 13.2 Å². The van der Waals surface area contributed by atoms with Crippen LogP contribution in [0.15, 0.2) is 30.3 Å². The first kappa shape index (κ1) is 15.5. The molecule has 1 heterocycles. The van der Waals surface area contributed by atoms with Crippen molar-refractivity contribution in [1.82, 2.24) is 4.90 Å². The number of carboxylic acid groups (broad SMARTS) is 1. The van der Waals surface area contributed by atoms with Gasteiger partial charge in [-0.3, -0.25) is 4.79 Å². The van der Waals surface area contributed by atoms with E-state index in [-0.39, 0.29) is 19.1 Å². The molecule has 1 saturated heterocycles. The molecule has 114 valence electrons. The first-order valence-corrected chi connectivity index (χ1v) is 6.93. The molecule has 1 aromatic rings. The van der Waals surface area contributed by atoms with Gasteiger partial charge < -0.3 is 19.5 Å². The lowest BCUT2D eigenvalue weighted by Crippen LogP contribution is -2.50.